The number of fused-ring (bicyclic) bond motifs is 1. The molecule has 0 unspecified atom stereocenters. The molecule has 2 aromatic rings. The summed E-state index contributed by atoms with van der Waals surface area (Å²) in [5.41, 5.74) is 6.75. The van der Waals surface area contributed by atoms with E-state index in [9.17, 15) is 4.79 Å². The van der Waals surface area contributed by atoms with Gasteiger partial charge in [0, 0.05) is 19.1 Å². The van der Waals surface area contributed by atoms with E-state index in [0.29, 0.717) is 19.5 Å². The minimum absolute atomic E-state index is 0.172. The van der Waals surface area contributed by atoms with Gasteiger partial charge in [-0.3, -0.25) is 4.79 Å². The third kappa shape index (κ3) is 2.09. The van der Waals surface area contributed by atoms with Crippen LogP contribution in [0.4, 0.5) is 0 Å². The molecule has 0 bridgehead atoms. The van der Waals surface area contributed by atoms with Crippen LogP contribution < -0.4 is 5.73 Å². The van der Waals surface area contributed by atoms with Gasteiger partial charge in [0.05, 0.1) is 6.42 Å². The minimum Gasteiger partial charge on any atom is -0.339 e. The van der Waals surface area contributed by atoms with E-state index in [0.717, 1.165) is 5.56 Å². The molecule has 0 aromatic heterocycles. The Balaban J connectivity index is 1.76. The molecule has 18 heavy (non-hydrogen) atoms. The molecule has 2 aromatic carbocycles. The zero-order valence-corrected chi connectivity index (χ0v) is 10.2. The first kappa shape index (κ1) is 11.2. The molecule has 3 nitrogen and oxygen atoms in total. The highest BCUT2D eigenvalue weighted by Gasteiger charge is 2.27. The molecular weight excluding hydrogens is 224 g/mol. The van der Waals surface area contributed by atoms with Gasteiger partial charge in [-0.05, 0) is 16.3 Å². The van der Waals surface area contributed by atoms with E-state index in [-0.39, 0.29) is 11.9 Å². The zero-order chi connectivity index (χ0) is 12.5. The first-order chi connectivity index (χ1) is 8.72. The Bertz CT molecular complexity index is 588. The zero-order valence-electron chi connectivity index (χ0n) is 10.2. The summed E-state index contributed by atoms with van der Waals surface area (Å²) in [5.74, 6) is 0.173. The Morgan fingerprint density at radius 3 is 2.61 bits per heavy atom. The van der Waals surface area contributed by atoms with Crippen molar-refractivity contribution >= 4 is 16.7 Å². The van der Waals surface area contributed by atoms with Gasteiger partial charge in [0.15, 0.2) is 0 Å². The van der Waals surface area contributed by atoms with Crippen molar-refractivity contribution in [1.82, 2.24) is 4.90 Å². The average Bonchev–Trinajstić information content (AvgIpc) is 2.35. The first-order valence-corrected chi connectivity index (χ1v) is 6.23. The van der Waals surface area contributed by atoms with Gasteiger partial charge in [0.25, 0.3) is 0 Å². The number of rotatable bonds is 2. The molecule has 1 fully saturated rings. The SMILES string of the molecule is NC1CN(C(=O)Cc2ccc3ccccc3c2)C1. The van der Waals surface area contributed by atoms with E-state index in [4.69, 9.17) is 5.73 Å². The largest absolute Gasteiger partial charge is 0.339 e. The number of likely N-dealkylation sites (tertiary alicyclic amines) is 1. The predicted octanol–water partition coefficient (Wildman–Crippen LogP) is 1.55. The van der Waals surface area contributed by atoms with Crippen LogP contribution in [0.5, 0.6) is 0 Å². The standard InChI is InChI=1S/C15H16N2O/c16-14-9-17(10-14)15(18)8-11-5-6-12-3-1-2-4-13(12)7-11/h1-7,14H,8-10,16H2. The van der Waals surface area contributed by atoms with Crippen LogP contribution in [-0.2, 0) is 11.2 Å². The summed E-state index contributed by atoms with van der Waals surface area (Å²) in [6.07, 6.45) is 0.470. The quantitative estimate of drug-likeness (QED) is 0.865. The van der Waals surface area contributed by atoms with Crippen molar-refractivity contribution in [3.63, 3.8) is 0 Å². The third-order valence-electron chi connectivity index (χ3n) is 3.43. The van der Waals surface area contributed by atoms with E-state index in [1.807, 2.05) is 23.1 Å². The second-order valence-corrected chi connectivity index (χ2v) is 4.92. The van der Waals surface area contributed by atoms with Gasteiger partial charge in [-0.2, -0.15) is 0 Å². The lowest BCUT2D eigenvalue weighted by molar-refractivity contribution is -0.134. The first-order valence-electron chi connectivity index (χ1n) is 6.23. The molecule has 0 radical (unpaired) electrons. The average molecular weight is 240 g/mol. The summed E-state index contributed by atoms with van der Waals surface area (Å²) in [7, 11) is 0. The highest BCUT2D eigenvalue weighted by Crippen LogP contribution is 2.17. The van der Waals surface area contributed by atoms with Crippen LogP contribution in [0.1, 0.15) is 5.56 Å². The van der Waals surface area contributed by atoms with Gasteiger partial charge < -0.3 is 10.6 Å². The topological polar surface area (TPSA) is 46.3 Å². The fourth-order valence-corrected chi connectivity index (χ4v) is 2.35. The number of hydrogen-bond acceptors (Lipinski definition) is 2. The lowest BCUT2D eigenvalue weighted by Crippen LogP contribution is -2.58. The number of carbonyl (C=O) groups is 1. The Labute approximate surface area is 106 Å². The molecule has 3 heteroatoms. The van der Waals surface area contributed by atoms with Crippen molar-refractivity contribution in [2.45, 2.75) is 12.5 Å². The van der Waals surface area contributed by atoms with Crippen LogP contribution in [0.25, 0.3) is 10.8 Å². The highest BCUT2D eigenvalue weighted by atomic mass is 16.2. The number of benzene rings is 2. The van der Waals surface area contributed by atoms with E-state index < -0.39 is 0 Å². The van der Waals surface area contributed by atoms with Gasteiger partial charge >= 0.3 is 0 Å². The summed E-state index contributed by atoms with van der Waals surface area (Å²) in [5, 5.41) is 2.39. The number of hydrogen-bond donors (Lipinski definition) is 1. The summed E-state index contributed by atoms with van der Waals surface area (Å²) in [4.78, 5) is 13.8. The summed E-state index contributed by atoms with van der Waals surface area (Å²) < 4.78 is 0. The Hall–Kier alpha value is -1.87. The monoisotopic (exact) mass is 240 g/mol. The molecule has 1 heterocycles. The Morgan fingerprint density at radius 1 is 1.17 bits per heavy atom. The predicted molar refractivity (Wildman–Crippen MR) is 72.2 cm³/mol. The van der Waals surface area contributed by atoms with Crippen molar-refractivity contribution < 1.29 is 4.79 Å². The van der Waals surface area contributed by atoms with Crippen molar-refractivity contribution in [3.8, 4) is 0 Å². The summed E-state index contributed by atoms with van der Waals surface area (Å²) >= 11 is 0. The molecule has 0 spiro atoms. The van der Waals surface area contributed by atoms with Crippen molar-refractivity contribution in [2.24, 2.45) is 5.73 Å². The maximum atomic E-state index is 11.9. The molecule has 3 rings (SSSR count). The molecule has 0 aliphatic carbocycles. The smallest absolute Gasteiger partial charge is 0.227 e. The van der Waals surface area contributed by atoms with E-state index >= 15 is 0 Å². The summed E-state index contributed by atoms with van der Waals surface area (Å²) in [6, 6.07) is 14.5. The second-order valence-electron chi connectivity index (χ2n) is 4.92. The molecular formula is C15H16N2O. The van der Waals surface area contributed by atoms with Crippen LogP contribution in [0.2, 0.25) is 0 Å². The van der Waals surface area contributed by atoms with E-state index in [1.54, 1.807) is 0 Å². The molecule has 92 valence electrons. The number of nitrogens with two attached hydrogens (primary N) is 1. The maximum absolute atomic E-state index is 11.9. The number of nitrogens with zero attached hydrogens (tertiary/aromatic N) is 1. The van der Waals surface area contributed by atoms with E-state index in [1.165, 1.54) is 10.8 Å². The number of amides is 1. The molecule has 0 saturated carbocycles. The maximum Gasteiger partial charge on any atom is 0.227 e. The molecule has 2 N–H and O–H groups in total. The van der Waals surface area contributed by atoms with Crippen LogP contribution in [0.3, 0.4) is 0 Å². The van der Waals surface area contributed by atoms with Crippen LogP contribution in [0, 0.1) is 0 Å². The van der Waals surface area contributed by atoms with Crippen LogP contribution >= 0.6 is 0 Å². The molecule has 0 atom stereocenters. The van der Waals surface area contributed by atoms with Gasteiger partial charge in [0.1, 0.15) is 0 Å². The van der Waals surface area contributed by atoms with Crippen molar-refractivity contribution in [2.75, 3.05) is 13.1 Å². The minimum atomic E-state index is 0.172. The van der Waals surface area contributed by atoms with Crippen molar-refractivity contribution in [3.05, 3.63) is 48.0 Å². The second kappa shape index (κ2) is 4.42. The Kier molecular flexibility index (Phi) is 2.76. The Morgan fingerprint density at radius 2 is 1.89 bits per heavy atom. The summed E-state index contributed by atoms with van der Waals surface area (Å²) in [6.45, 7) is 1.40. The lowest BCUT2D eigenvalue weighted by atomic mass is 10.0. The van der Waals surface area contributed by atoms with Gasteiger partial charge in [0.2, 0.25) is 5.91 Å². The van der Waals surface area contributed by atoms with Crippen LogP contribution in [-0.4, -0.2) is 29.9 Å². The molecule has 1 aliphatic heterocycles. The van der Waals surface area contributed by atoms with Gasteiger partial charge in [-0.15, -0.1) is 0 Å². The van der Waals surface area contributed by atoms with Gasteiger partial charge in [-0.1, -0.05) is 42.5 Å². The van der Waals surface area contributed by atoms with Gasteiger partial charge in [-0.25, -0.2) is 0 Å². The molecule has 1 aliphatic rings. The fourth-order valence-electron chi connectivity index (χ4n) is 2.35. The van der Waals surface area contributed by atoms with E-state index in [2.05, 4.69) is 24.3 Å². The molecule has 1 saturated heterocycles. The van der Waals surface area contributed by atoms with Crippen LogP contribution in [0.15, 0.2) is 42.5 Å². The normalized spacial score (nSPS) is 15.7. The van der Waals surface area contributed by atoms with Crippen molar-refractivity contribution in [1.29, 1.82) is 0 Å². The molecule has 1 amide bonds. The number of carbonyl (C=O) groups excluding carboxylic acids is 1. The third-order valence-corrected chi connectivity index (χ3v) is 3.43. The lowest BCUT2D eigenvalue weighted by Gasteiger charge is -2.36. The highest BCUT2D eigenvalue weighted by molar-refractivity contribution is 5.85. The fraction of sp³-hybridized carbons (Fsp3) is 0.267.